The summed E-state index contributed by atoms with van der Waals surface area (Å²) in [6.07, 6.45) is 15.5. The Balaban J connectivity index is 1.63. The predicted molar refractivity (Wildman–Crippen MR) is 75.5 cm³/mol. The zero-order valence-corrected chi connectivity index (χ0v) is 11.6. The fourth-order valence-electron chi connectivity index (χ4n) is 3.15. The summed E-state index contributed by atoms with van der Waals surface area (Å²) in [4.78, 5) is 4.07. The number of aromatic nitrogens is 2. The highest BCUT2D eigenvalue weighted by atomic mass is 15.0. The molecule has 1 aromatic heterocycles. The molecule has 3 nitrogen and oxygen atoms in total. The number of hydrogen-bond donors (Lipinski definition) is 1. The lowest BCUT2D eigenvalue weighted by atomic mass is 9.83. The summed E-state index contributed by atoms with van der Waals surface area (Å²) >= 11 is 0. The van der Waals surface area contributed by atoms with Gasteiger partial charge in [-0.15, -0.1) is 0 Å². The summed E-state index contributed by atoms with van der Waals surface area (Å²) in [6.45, 7) is 4.53. The highest BCUT2D eigenvalue weighted by Gasteiger charge is 2.21. The van der Waals surface area contributed by atoms with Gasteiger partial charge in [0.15, 0.2) is 0 Å². The molecule has 0 aliphatic heterocycles. The van der Waals surface area contributed by atoms with E-state index in [0.29, 0.717) is 0 Å². The van der Waals surface area contributed by atoms with Gasteiger partial charge in [-0.05, 0) is 38.1 Å². The van der Waals surface area contributed by atoms with E-state index in [4.69, 9.17) is 0 Å². The van der Waals surface area contributed by atoms with Crippen molar-refractivity contribution in [2.45, 2.75) is 64.5 Å². The van der Waals surface area contributed by atoms with Gasteiger partial charge in [0.1, 0.15) is 0 Å². The molecule has 1 saturated carbocycles. The molecule has 1 fully saturated rings. The van der Waals surface area contributed by atoms with E-state index in [2.05, 4.69) is 21.8 Å². The highest BCUT2D eigenvalue weighted by Crippen LogP contribution is 2.27. The van der Waals surface area contributed by atoms with Crippen molar-refractivity contribution in [3.05, 3.63) is 18.7 Å². The van der Waals surface area contributed by atoms with Crippen molar-refractivity contribution in [1.82, 2.24) is 14.9 Å². The Morgan fingerprint density at radius 1 is 1.33 bits per heavy atom. The van der Waals surface area contributed by atoms with E-state index in [1.165, 1.54) is 44.9 Å². The average molecular weight is 249 g/mol. The molecule has 1 aliphatic carbocycles. The lowest BCUT2D eigenvalue weighted by Gasteiger charge is -2.30. The lowest BCUT2D eigenvalue weighted by molar-refractivity contribution is 0.261. The van der Waals surface area contributed by atoms with E-state index < -0.39 is 0 Å². The maximum Gasteiger partial charge on any atom is 0.0945 e. The largest absolute Gasteiger partial charge is 0.337 e. The summed E-state index contributed by atoms with van der Waals surface area (Å²) in [5.41, 5.74) is 0. The summed E-state index contributed by atoms with van der Waals surface area (Å²) < 4.78 is 2.16. The normalized spacial score (nSPS) is 18.9. The topological polar surface area (TPSA) is 29.9 Å². The molecule has 0 bridgehead atoms. The number of aryl methyl sites for hydroxylation is 1. The van der Waals surface area contributed by atoms with Gasteiger partial charge in [0.25, 0.3) is 0 Å². The molecule has 1 aromatic rings. The van der Waals surface area contributed by atoms with Crippen molar-refractivity contribution in [3.8, 4) is 0 Å². The Labute approximate surface area is 111 Å². The first-order valence-electron chi connectivity index (χ1n) is 7.59. The monoisotopic (exact) mass is 249 g/mol. The first kappa shape index (κ1) is 13.6. The Bertz CT molecular complexity index is 302. The van der Waals surface area contributed by atoms with Gasteiger partial charge in [0, 0.05) is 25.0 Å². The Hall–Kier alpha value is -0.830. The Kier molecular flexibility index (Phi) is 5.72. The smallest absolute Gasteiger partial charge is 0.0945 e. The van der Waals surface area contributed by atoms with Crippen LogP contribution >= 0.6 is 0 Å². The first-order chi connectivity index (χ1) is 8.90. The molecule has 2 rings (SSSR count). The summed E-state index contributed by atoms with van der Waals surface area (Å²) in [6, 6.07) is 0.744. The van der Waals surface area contributed by atoms with Gasteiger partial charge in [-0.2, -0.15) is 0 Å². The van der Waals surface area contributed by atoms with Crippen molar-refractivity contribution in [3.63, 3.8) is 0 Å². The lowest BCUT2D eigenvalue weighted by Crippen LogP contribution is -2.37. The van der Waals surface area contributed by atoms with Crippen LogP contribution in [0.15, 0.2) is 18.7 Å². The van der Waals surface area contributed by atoms with E-state index in [9.17, 15) is 0 Å². The zero-order chi connectivity index (χ0) is 12.6. The summed E-state index contributed by atoms with van der Waals surface area (Å²) in [5.74, 6) is 0.928. The SMILES string of the molecule is CCC(NCCCn1ccnc1)C1CCCCC1. The van der Waals surface area contributed by atoms with Crippen molar-refractivity contribution < 1.29 is 0 Å². The van der Waals surface area contributed by atoms with Gasteiger partial charge in [0.2, 0.25) is 0 Å². The van der Waals surface area contributed by atoms with Crippen LogP contribution in [0.2, 0.25) is 0 Å². The molecule has 0 spiro atoms. The van der Waals surface area contributed by atoms with Crippen LogP contribution in [-0.4, -0.2) is 22.1 Å². The second-order valence-electron chi connectivity index (χ2n) is 5.52. The third-order valence-corrected chi connectivity index (χ3v) is 4.22. The molecular formula is C15H27N3. The standard InChI is InChI=1S/C15H27N3/c1-2-15(14-7-4-3-5-8-14)17-9-6-11-18-12-10-16-13-18/h10,12-15,17H,2-9,11H2,1H3. The van der Waals surface area contributed by atoms with Gasteiger partial charge in [0.05, 0.1) is 6.33 Å². The van der Waals surface area contributed by atoms with Crippen molar-refractivity contribution in [2.75, 3.05) is 6.54 Å². The maximum absolute atomic E-state index is 4.07. The molecule has 18 heavy (non-hydrogen) atoms. The number of rotatable bonds is 7. The molecule has 1 atom stereocenters. The molecule has 0 amide bonds. The first-order valence-corrected chi connectivity index (χ1v) is 7.59. The quantitative estimate of drug-likeness (QED) is 0.752. The molecule has 1 N–H and O–H groups in total. The van der Waals surface area contributed by atoms with Gasteiger partial charge in [-0.1, -0.05) is 26.2 Å². The number of nitrogens with zero attached hydrogens (tertiary/aromatic N) is 2. The van der Waals surface area contributed by atoms with Crippen LogP contribution in [0.4, 0.5) is 0 Å². The summed E-state index contributed by atoms with van der Waals surface area (Å²) in [7, 11) is 0. The van der Waals surface area contributed by atoms with Crippen LogP contribution in [-0.2, 0) is 6.54 Å². The van der Waals surface area contributed by atoms with E-state index in [1.807, 2.05) is 18.7 Å². The molecule has 3 heteroatoms. The van der Waals surface area contributed by atoms with E-state index >= 15 is 0 Å². The van der Waals surface area contributed by atoms with Crippen LogP contribution < -0.4 is 5.32 Å². The van der Waals surface area contributed by atoms with Crippen LogP contribution in [0.3, 0.4) is 0 Å². The Morgan fingerprint density at radius 2 is 2.17 bits per heavy atom. The third-order valence-electron chi connectivity index (χ3n) is 4.22. The van der Waals surface area contributed by atoms with Crippen LogP contribution in [0, 0.1) is 5.92 Å². The summed E-state index contributed by atoms with van der Waals surface area (Å²) in [5, 5.41) is 3.77. The zero-order valence-electron chi connectivity index (χ0n) is 11.6. The fraction of sp³-hybridized carbons (Fsp3) is 0.800. The molecule has 1 heterocycles. The number of imidazole rings is 1. The molecule has 1 unspecified atom stereocenters. The molecule has 0 saturated heterocycles. The minimum Gasteiger partial charge on any atom is -0.337 e. The average Bonchev–Trinajstić information content (AvgIpc) is 2.93. The van der Waals surface area contributed by atoms with Gasteiger partial charge in [-0.3, -0.25) is 0 Å². The molecule has 0 radical (unpaired) electrons. The van der Waals surface area contributed by atoms with E-state index in [1.54, 1.807) is 0 Å². The van der Waals surface area contributed by atoms with Gasteiger partial charge < -0.3 is 9.88 Å². The van der Waals surface area contributed by atoms with Crippen molar-refractivity contribution >= 4 is 0 Å². The van der Waals surface area contributed by atoms with Crippen LogP contribution in [0.25, 0.3) is 0 Å². The molecule has 102 valence electrons. The van der Waals surface area contributed by atoms with Crippen molar-refractivity contribution in [1.29, 1.82) is 0 Å². The minimum absolute atomic E-state index is 0.744. The minimum atomic E-state index is 0.744. The second kappa shape index (κ2) is 7.57. The predicted octanol–water partition coefficient (Wildman–Crippen LogP) is 3.22. The molecular weight excluding hydrogens is 222 g/mol. The fourth-order valence-corrected chi connectivity index (χ4v) is 3.15. The van der Waals surface area contributed by atoms with Gasteiger partial charge >= 0.3 is 0 Å². The number of nitrogens with one attached hydrogen (secondary N) is 1. The van der Waals surface area contributed by atoms with Gasteiger partial charge in [-0.25, -0.2) is 4.98 Å². The Morgan fingerprint density at radius 3 is 2.83 bits per heavy atom. The molecule has 0 aromatic carbocycles. The van der Waals surface area contributed by atoms with Crippen molar-refractivity contribution in [2.24, 2.45) is 5.92 Å². The molecule has 1 aliphatic rings. The third kappa shape index (κ3) is 4.13. The number of hydrogen-bond acceptors (Lipinski definition) is 2. The van der Waals surface area contributed by atoms with E-state index in [-0.39, 0.29) is 0 Å². The highest BCUT2D eigenvalue weighted by molar-refractivity contribution is 4.79. The van der Waals surface area contributed by atoms with Crippen LogP contribution in [0.5, 0.6) is 0 Å². The van der Waals surface area contributed by atoms with E-state index in [0.717, 1.165) is 25.0 Å². The maximum atomic E-state index is 4.07. The van der Waals surface area contributed by atoms with Crippen LogP contribution in [0.1, 0.15) is 51.9 Å². The second-order valence-corrected chi connectivity index (χ2v) is 5.52.